The number of ether oxygens (including phenoxy) is 1. The Bertz CT molecular complexity index is 845. The summed E-state index contributed by atoms with van der Waals surface area (Å²) < 4.78 is 5.23. The van der Waals surface area contributed by atoms with Crippen molar-refractivity contribution in [1.29, 1.82) is 0 Å². The molecule has 0 radical (unpaired) electrons. The van der Waals surface area contributed by atoms with Gasteiger partial charge in [-0.05, 0) is 13.0 Å². The van der Waals surface area contributed by atoms with E-state index in [1.165, 1.54) is 41.3 Å². The monoisotopic (exact) mass is 370 g/mol. The first-order chi connectivity index (χ1) is 13.0. The third-order valence-electron chi connectivity index (χ3n) is 4.92. The molecule has 1 aliphatic rings. The number of aryl methyl sites for hydroxylation is 1. The molecule has 1 N–H and O–H groups in total. The molecule has 0 aliphatic carbocycles. The van der Waals surface area contributed by atoms with Crippen LogP contribution in [-0.2, 0) is 6.54 Å². The first-order valence-corrected chi connectivity index (χ1v) is 8.98. The average molecular weight is 370 g/mol. The normalized spacial score (nSPS) is 14.8. The highest BCUT2D eigenvalue weighted by molar-refractivity contribution is 5.97. The Hall–Kier alpha value is -2.93. The molecule has 1 heterocycles. The quantitative estimate of drug-likeness (QED) is 0.638. The molecule has 7 nitrogen and oxygen atoms in total. The van der Waals surface area contributed by atoms with Crippen molar-refractivity contribution < 1.29 is 19.4 Å². The van der Waals surface area contributed by atoms with Crippen molar-refractivity contribution >= 4 is 11.6 Å². The minimum Gasteiger partial charge on any atom is -0.496 e. The number of nitro benzene ring substituents is 1. The smallest absolute Gasteiger partial charge is 0.270 e. The number of non-ortho nitro benzene ring substituents is 1. The zero-order valence-corrected chi connectivity index (χ0v) is 15.6. The summed E-state index contributed by atoms with van der Waals surface area (Å²) in [5, 5.41) is 11.0. The SMILES string of the molecule is COc1ccc([N+](=O)[O-])cc1C(=O)N1CC[NH+](Cc2cccc(C)c2)CC1. The van der Waals surface area contributed by atoms with Gasteiger partial charge in [0.2, 0.25) is 0 Å². The fourth-order valence-corrected chi connectivity index (χ4v) is 3.46. The van der Waals surface area contributed by atoms with Gasteiger partial charge in [-0.25, -0.2) is 0 Å². The zero-order chi connectivity index (χ0) is 19.4. The van der Waals surface area contributed by atoms with E-state index in [2.05, 4.69) is 31.2 Å². The third kappa shape index (κ3) is 4.43. The van der Waals surface area contributed by atoms with Crippen molar-refractivity contribution in [3.05, 3.63) is 69.3 Å². The van der Waals surface area contributed by atoms with Crippen LogP contribution in [0.3, 0.4) is 0 Å². The summed E-state index contributed by atoms with van der Waals surface area (Å²) >= 11 is 0. The summed E-state index contributed by atoms with van der Waals surface area (Å²) in [6, 6.07) is 12.6. The molecule has 0 aromatic heterocycles. The van der Waals surface area contributed by atoms with Crippen LogP contribution >= 0.6 is 0 Å². The third-order valence-corrected chi connectivity index (χ3v) is 4.92. The molecule has 1 fully saturated rings. The highest BCUT2D eigenvalue weighted by atomic mass is 16.6. The van der Waals surface area contributed by atoms with Crippen molar-refractivity contribution in [3.8, 4) is 5.75 Å². The Morgan fingerprint density at radius 2 is 1.96 bits per heavy atom. The highest BCUT2D eigenvalue weighted by Crippen LogP contribution is 2.25. The van der Waals surface area contributed by atoms with E-state index in [0.29, 0.717) is 18.8 Å². The molecule has 1 saturated heterocycles. The number of nitro groups is 1. The number of hydrogen-bond donors (Lipinski definition) is 1. The van der Waals surface area contributed by atoms with Crippen LogP contribution in [0.25, 0.3) is 0 Å². The summed E-state index contributed by atoms with van der Waals surface area (Å²) in [5.41, 5.74) is 2.68. The lowest BCUT2D eigenvalue weighted by Crippen LogP contribution is -3.13. The van der Waals surface area contributed by atoms with Crippen LogP contribution in [0.15, 0.2) is 42.5 Å². The van der Waals surface area contributed by atoms with Gasteiger partial charge in [0, 0.05) is 17.7 Å². The van der Waals surface area contributed by atoms with Gasteiger partial charge in [0.15, 0.2) is 0 Å². The van der Waals surface area contributed by atoms with Gasteiger partial charge in [-0.3, -0.25) is 14.9 Å². The number of carbonyl (C=O) groups is 1. The lowest BCUT2D eigenvalue weighted by molar-refractivity contribution is -0.917. The van der Waals surface area contributed by atoms with Gasteiger partial charge in [0.05, 0.1) is 43.8 Å². The Balaban J connectivity index is 1.66. The minimum atomic E-state index is -0.500. The van der Waals surface area contributed by atoms with Crippen molar-refractivity contribution in [3.63, 3.8) is 0 Å². The van der Waals surface area contributed by atoms with Crippen LogP contribution in [-0.4, -0.2) is 49.0 Å². The van der Waals surface area contributed by atoms with E-state index < -0.39 is 4.92 Å². The first kappa shape index (κ1) is 18.8. The molecule has 27 heavy (non-hydrogen) atoms. The molecule has 7 heteroatoms. The lowest BCUT2D eigenvalue weighted by atomic mass is 10.1. The molecular formula is C20H24N3O4+. The zero-order valence-electron chi connectivity index (χ0n) is 15.6. The summed E-state index contributed by atoms with van der Waals surface area (Å²) in [6.45, 7) is 5.94. The fraction of sp³-hybridized carbons (Fsp3) is 0.350. The lowest BCUT2D eigenvalue weighted by Gasteiger charge is -2.32. The van der Waals surface area contributed by atoms with Crippen LogP contribution in [0.1, 0.15) is 21.5 Å². The molecule has 142 valence electrons. The van der Waals surface area contributed by atoms with Gasteiger partial charge < -0.3 is 14.5 Å². The molecule has 0 atom stereocenters. The number of carbonyl (C=O) groups excluding carboxylic acids is 1. The van der Waals surface area contributed by atoms with Crippen LogP contribution in [0.4, 0.5) is 5.69 Å². The van der Waals surface area contributed by atoms with E-state index in [1.54, 1.807) is 4.90 Å². The van der Waals surface area contributed by atoms with Crippen LogP contribution in [0, 0.1) is 17.0 Å². The van der Waals surface area contributed by atoms with Crippen molar-refractivity contribution in [2.45, 2.75) is 13.5 Å². The molecule has 1 amide bonds. The van der Waals surface area contributed by atoms with Gasteiger partial charge in [-0.2, -0.15) is 0 Å². The molecular weight excluding hydrogens is 346 g/mol. The number of hydrogen-bond acceptors (Lipinski definition) is 4. The number of quaternary nitrogens is 1. The van der Waals surface area contributed by atoms with E-state index in [4.69, 9.17) is 4.74 Å². The minimum absolute atomic E-state index is 0.108. The number of nitrogens with one attached hydrogen (secondary N) is 1. The Morgan fingerprint density at radius 3 is 2.59 bits per heavy atom. The maximum absolute atomic E-state index is 12.9. The van der Waals surface area contributed by atoms with E-state index in [9.17, 15) is 14.9 Å². The summed E-state index contributed by atoms with van der Waals surface area (Å²) in [5.74, 6) is 0.144. The highest BCUT2D eigenvalue weighted by Gasteiger charge is 2.27. The molecule has 0 bridgehead atoms. The van der Waals surface area contributed by atoms with E-state index in [0.717, 1.165) is 19.6 Å². The molecule has 0 unspecified atom stereocenters. The Morgan fingerprint density at radius 1 is 1.22 bits per heavy atom. The summed E-state index contributed by atoms with van der Waals surface area (Å²) in [4.78, 5) is 26.6. The summed E-state index contributed by atoms with van der Waals surface area (Å²) in [7, 11) is 1.46. The van der Waals surface area contributed by atoms with Crippen LogP contribution in [0.5, 0.6) is 5.75 Å². The first-order valence-electron chi connectivity index (χ1n) is 8.98. The van der Waals surface area contributed by atoms with E-state index in [1.807, 2.05) is 0 Å². The van der Waals surface area contributed by atoms with E-state index in [-0.39, 0.29) is 17.2 Å². The number of benzene rings is 2. The maximum atomic E-state index is 12.9. The van der Waals surface area contributed by atoms with Crippen molar-refractivity contribution in [2.75, 3.05) is 33.3 Å². The molecule has 2 aromatic carbocycles. The number of piperazine rings is 1. The number of nitrogens with zero attached hydrogens (tertiary/aromatic N) is 2. The summed E-state index contributed by atoms with van der Waals surface area (Å²) in [6.07, 6.45) is 0. The second-order valence-corrected chi connectivity index (χ2v) is 6.85. The Labute approximate surface area is 158 Å². The number of methoxy groups -OCH3 is 1. The molecule has 3 rings (SSSR count). The van der Waals surface area contributed by atoms with Gasteiger partial charge in [-0.1, -0.05) is 29.8 Å². The largest absolute Gasteiger partial charge is 0.496 e. The predicted molar refractivity (Wildman–Crippen MR) is 101 cm³/mol. The second-order valence-electron chi connectivity index (χ2n) is 6.85. The molecule has 1 aliphatic heterocycles. The maximum Gasteiger partial charge on any atom is 0.270 e. The van der Waals surface area contributed by atoms with Crippen LogP contribution < -0.4 is 9.64 Å². The topological polar surface area (TPSA) is 77.1 Å². The van der Waals surface area contributed by atoms with Gasteiger partial charge in [0.1, 0.15) is 12.3 Å². The van der Waals surface area contributed by atoms with Gasteiger partial charge in [0.25, 0.3) is 11.6 Å². The van der Waals surface area contributed by atoms with Crippen LogP contribution in [0.2, 0.25) is 0 Å². The number of rotatable bonds is 5. The van der Waals surface area contributed by atoms with Gasteiger partial charge >= 0.3 is 0 Å². The number of amides is 1. The van der Waals surface area contributed by atoms with Crippen molar-refractivity contribution in [2.24, 2.45) is 0 Å². The van der Waals surface area contributed by atoms with E-state index >= 15 is 0 Å². The molecule has 0 spiro atoms. The standard InChI is InChI=1S/C20H23N3O4/c1-15-4-3-5-16(12-15)14-21-8-10-22(11-9-21)20(24)18-13-17(23(25)26)6-7-19(18)27-2/h3-7,12-13H,8-11,14H2,1-2H3/p+1. The predicted octanol–water partition coefficient (Wildman–Crippen LogP) is 1.45. The molecule has 2 aromatic rings. The Kier molecular flexibility index (Phi) is 5.71. The molecule has 0 saturated carbocycles. The average Bonchev–Trinajstić information content (AvgIpc) is 2.67. The van der Waals surface area contributed by atoms with Gasteiger partial charge in [-0.15, -0.1) is 0 Å². The van der Waals surface area contributed by atoms with Crippen molar-refractivity contribution in [1.82, 2.24) is 4.90 Å². The fourth-order valence-electron chi connectivity index (χ4n) is 3.46. The second kappa shape index (κ2) is 8.18.